The lowest BCUT2D eigenvalue weighted by atomic mass is 9.85. The molecule has 1 unspecified atom stereocenters. The van der Waals surface area contributed by atoms with E-state index in [9.17, 15) is 4.79 Å². The van der Waals surface area contributed by atoms with Gasteiger partial charge in [-0.05, 0) is 37.1 Å². The van der Waals surface area contributed by atoms with Gasteiger partial charge in [-0.25, -0.2) is 0 Å². The monoisotopic (exact) mass is 261 g/mol. The quantitative estimate of drug-likeness (QED) is 0.759. The number of hydrogen-bond acceptors (Lipinski definition) is 1. The Kier molecular flexibility index (Phi) is 2.90. The van der Waals surface area contributed by atoms with Crippen molar-refractivity contribution in [2.24, 2.45) is 7.05 Å². The zero-order valence-corrected chi connectivity index (χ0v) is 11.2. The number of ketones is 1. The summed E-state index contributed by atoms with van der Waals surface area (Å²) >= 11 is 6.02. The summed E-state index contributed by atoms with van der Waals surface area (Å²) < 4.78 is 2.14. The van der Waals surface area contributed by atoms with E-state index in [-0.39, 0.29) is 5.92 Å². The minimum atomic E-state index is 0.0786. The van der Waals surface area contributed by atoms with Crippen LogP contribution in [0.1, 0.15) is 37.3 Å². The number of fused-ring (bicyclic) bond motifs is 1. The van der Waals surface area contributed by atoms with Crippen LogP contribution in [0.15, 0.2) is 24.3 Å². The number of halogens is 1. The van der Waals surface area contributed by atoms with Crippen LogP contribution in [0, 0.1) is 0 Å². The Morgan fingerprint density at radius 2 is 2.11 bits per heavy atom. The van der Waals surface area contributed by atoms with E-state index in [1.807, 2.05) is 25.2 Å². The first-order valence-corrected chi connectivity index (χ1v) is 6.82. The Morgan fingerprint density at radius 3 is 2.89 bits per heavy atom. The van der Waals surface area contributed by atoms with Crippen molar-refractivity contribution in [2.75, 3.05) is 0 Å². The van der Waals surface area contributed by atoms with E-state index in [0.717, 1.165) is 47.3 Å². The highest BCUT2D eigenvalue weighted by Gasteiger charge is 2.26. The predicted octanol–water partition coefficient (Wildman–Crippen LogP) is 4.06. The molecule has 0 amide bonds. The van der Waals surface area contributed by atoms with Gasteiger partial charge in [0.2, 0.25) is 0 Å². The molecule has 0 spiro atoms. The SMILES string of the molecule is Cn1c(C2CCCCC2=O)cc2cc(Cl)ccc21. The van der Waals surface area contributed by atoms with Crippen LogP contribution in [0.5, 0.6) is 0 Å². The molecule has 0 N–H and O–H groups in total. The van der Waals surface area contributed by atoms with Crippen LogP contribution in [-0.4, -0.2) is 10.4 Å². The van der Waals surface area contributed by atoms with E-state index in [1.54, 1.807) is 0 Å². The molecule has 2 aromatic rings. The third kappa shape index (κ3) is 1.85. The molecule has 18 heavy (non-hydrogen) atoms. The van der Waals surface area contributed by atoms with Crippen LogP contribution >= 0.6 is 11.6 Å². The molecular formula is C15H16ClNO. The number of Topliss-reactive ketones (excluding diaryl/α,β-unsaturated/α-hetero) is 1. The van der Waals surface area contributed by atoms with Crippen LogP contribution in [0.2, 0.25) is 5.02 Å². The van der Waals surface area contributed by atoms with Gasteiger partial charge in [-0.2, -0.15) is 0 Å². The van der Waals surface area contributed by atoms with E-state index in [4.69, 9.17) is 11.6 Å². The van der Waals surface area contributed by atoms with E-state index < -0.39 is 0 Å². The van der Waals surface area contributed by atoms with Crippen LogP contribution in [-0.2, 0) is 11.8 Å². The van der Waals surface area contributed by atoms with E-state index in [1.165, 1.54) is 0 Å². The van der Waals surface area contributed by atoms with Crippen LogP contribution < -0.4 is 0 Å². The van der Waals surface area contributed by atoms with Gasteiger partial charge >= 0.3 is 0 Å². The molecule has 1 aliphatic carbocycles. The molecule has 0 radical (unpaired) electrons. The average Bonchev–Trinajstić information content (AvgIpc) is 2.67. The third-order valence-corrected chi connectivity index (χ3v) is 4.19. The number of benzene rings is 1. The lowest BCUT2D eigenvalue weighted by Gasteiger charge is -2.21. The summed E-state index contributed by atoms with van der Waals surface area (Å²) in [6, 6.07) is 8.01. The minimum Gasteiger partial charge on any atom is -0.347 e. The maximum Gasteiger partial charge on any atom is 0.141 e. The Hall–Kier alpha value is -1.28. The highest BCUT2D eigenvalue weighted by molar-refractivity contribution is 6.31. The summed E-state index contributed by atoms with van der Waals surface area (Å²) in [5, 5.41) is 1.87. The molecule has 1 aromatic carbocycles. The van der Waals surface area contributed by atoms with Crippen molar-refractivity contribution in [2.45, 2.75) is 31.6 Å². The van der Waals surface area contributed by atoms with Gasteiger partial charge in [0, 0.05) is 35.1 Å². The van der Waals surface area contributed by atoms with E-state index in [0.29, 0.717) is 5.78 Å². The third-order valence-electron chi connectivity index (χ3n) is 3.95. The summed E-state index contributed by atoms with van der Waals surface area (Å²) in [6.07, 6.45) is 3.91. The number of carbonyl (C=O) groups is 1. The highest BCUT2D eigenvalue weighted by atomic mass is 35.5. The largest absolute Gasteiger partial charge is 0.347 e. The Bertz CT molecular complexity index is 614. The Balaban J connectivity index is 2.11. The van der Waals surface area contributed by atoms with Gasteiger partial charge < -0.3 is 4.57 Å². The smallest absolute Gasteiger partial charge is 0.141 e. The standard InChI is InChI=1S/C15H16ClNO/c1-17-13-7-6-11(16)8-10(13)9-14(17)12-4-2-3-5-15(12)18/h6-9,12H,2-5H2,1H3. The highest BCUT2D eigenvalue weighted by Crippen LogP contribution is 2.33. The molecule has 0 saturated heterocycles. The summed E-state index contributed by atoms with van der Waals surface area (Å²) in [5.74, 6) is 0.466. The van der Waals surface area contributed by atoms with Gasteiger partial charge in [-0.15, -0.1) is 0 Å². The molecule has 0 bridgehead atoms. The fourth-order valence-electron chi connectivity index (χ4n) is 2.97. The number of aromatic nitrogens is 1. The molecule has 1 saturated carbocycles. The van der Waals surface area contributed by atoms with Crippen LogP contribution in [0.4, 0.5) is 0 Å². The number of hydrogen-bond donors (Lipinski definition) is 0. The topological polar surface area (TPSA) is 22.0 Å². The number of aryl methyl sites for hydroxylation is 1. The average molecular weight is 262 g/mol. The van der Waals surface area contributed by atoms with E-state index in [2.05, 4.69) is 10.6 Å². The summed E-state index contributed by atoms with van der Waals surface area (Å²) in [6.45, 7) is 0. The maximum atomic E-state index is 12.1. The van der Waals surface area contributed by atoms with Gasteiger partial charge in [0.05, 0.1) is 5.92 Å². The number of carbonyl (C=O) groups excluding carboxylic acids is 1. The normalized spacial score (nSPS) is 20.6. The number of nitrogens with zero attached hydrogens (tertiary/aromatic N) is 1. The fourth-order valence-corrected chi connectivity index (χ4v) is 3.15. The van der Waals surface area contributed by atoms with E-state index >= 15 is 0 Å². The fraction of sp³-hybridized carbons (Fsp3) is 0.400. The molecule has 1 heterocycles. The zero-order chi connectivity index (χ0) is 12.7. The van der Waals surface area contributed by atoms with Gasteiger partial charge in [0.15, 0.2) is 0 Å². The Labute approximate surface area is 112 Å². The van der Waals surface area contributed by atoms with Gasteiger partial charge in [-0.1, -0.05) is 18.0 Å². The van der Waals surface area contributed by atoms with Crippen LogP contribution in [0.3, 0.4) is 0 Å². The molecule has 3 rings (SSSR count). The summed E-state index contributed by atoms with van der Waals surface area (Å²) in [5.41, 5.74) is 2.28. The first-order valence-electron chi connectivity index (χ1n) is 6.44. The molecule has 3 heteroatoms. The second-order valence-electron chi connectivity index (χ2n) is 5.10. The molecule has 1 aromatic heterocycles. The first-order chi connectivity index (χ1) is 8.66. The predicted molar refractivity (Wildman–Crippen MR) is 74.1 cm³/mol. The maximum absolute atomic E-state index is 12.1. The molecule has 1 aliphatic rings. The second-order valence-corrected chi connectivity index (χ2v) is 5.53. The molecule has 1 fully saturated rings. The minimum absolute atomic E-state index is 0.0786. The second kappa shape index (κ2) is 4.43. The number of rotatable bonds is 1. The van der Waals surface area contributed by atoms with Gasteiger partial charge in [-0.3, -0.25) is 4.79 Å². The van der Waals surface area contributed by atoms with Crippen molar-refractivity contribution >= 4 is 28.3 Å². The summed E-state index contributed by atoms with van der Waals surface area (Å²) in [7, 11) is 2.04. The molecule has 94 valence electrons. The van der Waals surface area contributed by atoms with Crippen molar-refractivity contribution in [3.63, 3.8) is 0 Å². The first kappa shape index (κ1) is 11.8. The zero-order valence-electron chi connectivity index (χ0n) is 10.4. The molecule has 1 atom stereocenters. The molecule has 2 nitrogen and oxygen atoms in total. The van der Waals surface area contributed by atoms with Crippen molar-refractivity contribution in [3.05, 3.63) is 35.0 Å². The van der Waals surface area contributed by atoms with Crippen molar-refractivity contribution < 1.29 is 4.79 Å². The van der Waals surface area contributed by atoms with Crippen molar-refractivity contribution in [3.8, 4) is 0 Å². The lowest BCUT2D eigenvalue weighted by molar-refractivity contribution is -0.122. The van der Waals surface area contributed by atoms with Gasteiger partial charge in [0.25, 0.3) is 0 Å². The summed E-state index contributed by atoms with van der Waals surface area (Å²) in [4.78, 5) is 12.1. The van der Waals surface area contributed by atoms with Gasteiger partial charge in [0.1, 0.15) is 5.78 Å². The molecule has 0 aliphatic heterocycles. The van der Waals surface area contributed by atoms with Crippen molar-refractivity contribution in [1.29, 1.82) is 0 Å². The molecular weight excluding hydrogens is 246 g/mol. The Morgan fingerprint density at radius 1 is 1.28 bits per heavy atom. The van der Waals surface area contributed by atoms with Crippen LogP contribution in [0.25, 0.3) is 10.9 Å². The van der Waals surface area contributed by atoms with Crippen molar-refractivity contribution in [1.82, 2.24) is 4.57 Å². The lowest BCUT2D eigenvalue weighted by Crippen LogP contribution is -2.19.